The molecular weight excluding hydrogens is 350 g/mol. The first kappa shape index (κ1) is 17.9. The summed E-state index contributed by atoms with van der Waals surface area (Å²) in [5.74, 6) is 0.122. The molecule has 0 unspecified atom stereocenters. The molecule has 0 radical (unpaired) electrons. The zero-order chi connectivity index (χ0) is 18.5. The third-order valence-corrected chi connectivity index (χ3v) is 4.40. The van der Waals surface area contributed by atoms with Gasteiger partial charge in [0.05, 0.1) is 0 Å². The van der Waals surface area contributed by atoms with Crippen molar-refractivity contribution in [3.8, 4) is 0 Å². The molecule has 0 fully saturated rings. The number of carbonyl (C=O) groups is 1. The van der Waals surface area contributed by atoms with E-state index in [1.54, 1.807) is 0 Å². The van der Waals surface area contributed by atoms with Gasteiger partial charge in [-0.2, -0.15) is 5.21 Å². The summed E-state index contributed by atoms with van der Waals surface area (Å²) in [6.45, 7) is 4.58. The highest BCUT2D eigenvalue weighted by molar-refractivity contribution is 6.30. The van der Waals surface area contributed by atoms with E-state index in [0.29, 0.717) is 23.8 Å². The molecule has 3 N–H and O–H groups in total. The van der Waals surface area contributed by atoms with Crippen LogP contribution in [0.1, 0.15) is 27.2 Å². The number of anilines is 2. The fraction of sp³-hybridized carbons (Fsp3) is 0.211. The highest BCUT2D eigenvalue weighted by Gasteiger charge is 2.16. The third kappa shape index (κ3) is 4.40. The summed E-state index contributed by atoms with van der Waals surface area (Å²) in [4.78, 5) is 12.4. The zero-order valence-electron chi connectivity index (χ0n) is 14.6. The van der Waals surface area contributed by atoms with Gasteiger partial charge in [-0.15, -0.1) is 10.2 Å². The van der Waals surface area contributed by atoms with Crippen molar-refractivity contribution >= 4 is 29.0 Å². The third-order valence-electron chi connectivity index (χ3n) is 4.15. The lowest BCUT2D eigenvalue weighted by molar-refractivity contribution is 0.0950. The summed E-state index contributed by atoms with van der Waals surface area (Å²) < 4.78 is 0. The number of aromatic nitrogens is 3. The predicted octanol–water partition coefficient (Wildman–Crippen LogP) is 3.79. The Labute approximate surface area is 157 Å². The number of carbonyl (C=O) groups excluding carboxylic acids is 1. The predicted molar refractivity (Wildman–Crippen MR) is 103 cm³/mol. The summed E-state index contributed by atoms with van der Waals surface area (Å²) in [5, 5.41) is 17.2. The molecule has 0 saturated carbocycles. The Morgan fingerprint density at radius 1 is 1.08 bits per heavy atom. The summed E-state index contributed by atoms with van der Waals surface area (Å²) in [5.41, 5.74) is 4.56. The molecule has 0 aliphatic carbocycles. The molecule has 3 aromatic rings. The van der Waals surface area contributed by atoms with E-state index >= 15 is 0 Å². The van der Waals surface area contributed by atoms with Crippen molar-refractivity contribution in [1.29, 1.82) is 0 Å². The quantitative estimate of drug-likeness (QED) is 0.617. The Hall–Kier alpha value is -2.86. The van der Waals surface area contributed by atoms with E-state index in [9.17, 15) is 4.79 Å². The SMILES string of the molecule is Cc1ccc(Nc2n[nH]nc2C(=O)NCCc2ccc(Cl)cc2)cc1C. The minimum atomic E-state index is -0.279. The van der Waals surface area contributed by atoms with Crippen LogP contribution in [-0.4, -0.2) is 27.9 Å². The van der Waals surface area contributed by atoms with Gasteiger partial charge in [-0.3, -0.25) is 4.79 Å². The molecule has 0 saturated heterocycles. The van der Waals surface area contributed by atoms with Crippen molar-refractivity contribution in [2.75, 3.05) is 11.9 Å². The number of amides is 1. The Balaban J connectivity index is 1.60. The van der Waals surface area contributed by atoms with Crippen LogP contribution in [0.25, 0.3) is 0 Å². The second kappa shape index (κ2) is 8.01. The highest BCUT2D eigenvalue weighted by atomic mass is 35.5. The normalized spacial score (nSPS) is 10.6. The van der Waals surface area contributed by atoms with Crippen LogP contribution < -0.4 is 10.6 Å². The molecule has 1 heterocycles. The monoisotopic (exact) mass is 369 g/mol. The van der Waals surface area contributed by atoms with Gasteiger partial charge in [-0.1, -0.05) is 29.8 Å². The van der Waals surface area contributed by atoms with Gasteiger partial charge >= 0.3 is 0 Å². The number of hydrogen-bond donors (Lipinski definition) is 3. The van der Waals surface area contributed by atoms with E-state index in [4.69, 9.17) is 11.6 Å². The van der Waals surface area contributed by atoms with Crippen molar-refractivity contribution in [3.05, 3.63) is 69.9 Å². The molecule has 1 aromatic heterocycles. The van der Waals surface area contributed by atoms with Crippen LogP contribution >= 0.6 is 11.6 Å². The first-order valence-electron chi connectivity index (χ1n) is 8.30. The lowest BCUT2D eigenvalue weighted by Gasteiger charge is -2.08. The van der Waals surface area contributed by atoms with Crippen LogP contribution in [0.15, 0.2) is 42.5 Å². The van der Waals surface area contributed by atoms with Crippen molar-refractivity contribution in [2.45, 2.75) is 20.3 Å². The molecule has 134 valence electrons. The number of hydrogen-bond acceptors (Lipinski definition) is 4. The lowest BCUT2D eigenvalue weighted by Crippen LogP contribution is -2.26. The van der Waals surface area contributed by atoms with Crippen LogP contribution in [-0.2, 0) is 6.42 Å². The van der Waals surface area contributed by atoms with Gasteiger partial charge in [0.25, 0.3) is 5.91 Å². The molecule has 6 nitrogen and oxygen atoms in total. The van der Waals surface area contributed by atoms with Gasteiger partial charge in [0.2, 0.25) is 0 Å². The molecule has 26 heavy (non-hydrogen) atoms. The van der Waals surface area contributed by atoms with Gasteiger partial charge in [0.15, 0.2) is 11.5 Å². The molecular formula is C19H20ClN5O. The number of nitrogens with zero attached hydrogens (tertiary/aromatic N) is 2. The van der Waals surface area contributed by atoms with Crippen molar-refractivity contribution < 1.29 is 4.79 Å². The molecule has 1 amide bonds. The zero-order valence-corrected chi connectivity index (χ0v) is 15.4. The Bertz CT molecular complexity index is 905. The molecule has 2 aromatic carbocycles. The highest BCUT2D eigenvalue weighted by Crippen LogP contribution is 2.19. The summed E-state index contributed by atoms with van der Waals surface area (Å²) in [6.07, 6.45) is 0.709. The maximum Gasteiger partial charge on any atom is 0.275 e. The van der Waals surface area contributed by atoms with E-state index in [1.807, 2.05) is 49.4 Å². The van der Waals surface area contributed by atoms with Gasteiger partial charge in [0, 0.05) is 17.3 Å². The van der Waals surface area contributed by atoms with Crippen molar-refractivity contribution in [1.82, 2.24) is 20.7 Å². The molecule has 0 bridgehead atoms. The number of nitrogens with one attached hydrogen (secondary N) is 3. The fourth-order valence-electron chi connectivity index (χ4n) is 2.49. The Morgan fingerprint density at radius 3 is 2.58 bits per heavy atom. The average molecular weight is 370 g/mol. The minimum absolute atomic E-state index is 0.235. The summed E-state index contributed by atoms with van der Waals surface area (Å²) in [7, 11) is 0. The van der Waals surface area contributed by atoms with E-state index in [0.717, 1.165) is 16.8 Å². The number of aryl methyl sites for hydroxylation is 2. The Morgan fingerprint density at radius 2 is 1.85 bits per heavy atom. The molecule has 0 atom stereocenters. The second-order valence-corrected chi connectivity index (χ2v) is 6.51. The molecule has 3 rings (SSSR count). The van der Waals surface area contributed by atoms with E-state index in [-0.39, 0.29) is 11.6 Å². The van der Waals surface area contributed by atoms with Gasteiger partial charge < -0.3 is 10.6 Å². The van der Waals surface area contributed by atoms with E-state index in [1.165, 1.54) is 5.56 Å². The van der Waals surface area contributed by atoms with Crippen LogP contribution in [0, 0.1) is 13.8 Å². The Kier molecular flexibility index (Phi) is 5.53. The topological polar surface area (TPSA) is 82.7 Å². The van der Waals surface area contributed by atoms with E-state index < -0.39 is 0 Å². The van der Waals surface area contributed by atoms with Crippen molar-refractivity contribution in [2.24, 2.45) is 0 Å². The van der Waals surface area contributed by atoms with Crippen LogP contribution in [0.2, 0.25) is 5.02 Å². The molecule has 0 aliphatic heterocycles. The standard InChI is InChI=1S/C19H20ClN5O/c1-12-3-8-16(11-13(12)2)22-18-17(23-25-24-18)19(26)21-10-9-14-4-6-15(20)7-5-14/h3-8,11H,9-10H2,1-2H3,(H,21,26)(H2,22,23,24,25). The minimum Gasteiger partial charge on any atom is -0.350 e. The van der Waals surface area contributed by atoms with Crippen LogP contribution in [0.4, 0.5) is 11.5 Å². The number of aromatic amines is 1. The summed E-state index contributed by atoms with van der Waals surface area (Å²) in [6, 6.07) is 13.5. The maximum atomic E-state index is 12.4. The maximum absolute atomic E-state index is 12.4. The smallest absolute Gasteiger partial charge is 0.275 e. The molecule has 7 heteroatoms. The van der Waals surface area contributed by atoms with Gasteiger partial charge in [-0.25, -0.2) is 0 Å². The van der Waals surface area contributed by atoms with Crippen LogP contribution in [0.3, 0.4) is 0 Å². The number of halogens is 1. The van der Waals surface area contributed by atoms with E-state index in [2.05, 4.69) is 33.0 Å². The number of rotatable bonds is 6. The van der Waals surface area contributed by atoms with Gasteiger partial charge in [0.1, 0.15) is 0 Å². The second-order valence-electron chi connectivity index (χ2n) is 6.08. The lowest BCUT2D eigenvalue weighted by atomic mass is 10.1. The first-order chi connectivity index (χ1) is 12.5. The fourth-order valence-corrected chi connectivity index (χ4v) is 2.61. The van der Waals surface area contributed by atoms with Crippen LogP contribution in [0.5, 0.6) is 0 Å². The number of H-pyrrole nitrogens is 1. The summed E-state index contributed by atoms with van der Waals surface area (Å²) >= 11 is 5.87. The average Bonchev–Trinajstić information content (AvgIpc) is 3.08. The molecule has 0 aliphatic rings. The largest absolute Gasteiger partial charge is 0.350 e. The van der Waals surface area contributed by atoms with Crippen molar-refractivity contribution in [3.63, 3.8) is 0 Å². The number of benzene rings is 2. The molecule has 0 spiro atoms. The first-order valence-corrected chi connectivity index (χ1v) is 8.68. The van der Waals surface area contributed by atoms with Gasteiger partial charge in [-0.05, 0) is 61.2 Å².